The molecular formula is C22H20N2O5S2. The van der Waals surface area contributed by atoms with Gasteiger partial charge >= 0.3 is 5.97 Å². The fourth-order valence-corrected chi connectivity index (χ4v) is 5.36. The second-order valence-electron chi connectivity index (χ2n) is 6.70. The van der Waals surface area contributed by atoms with Crippen LogP contribution in [0.3, 0.4) is 0 Å². The van der Waals surface area contributed by atoms with Crippen molar-refractivity contribution in [2.45, 2.75) is 13.0 Å². The Hall–Kier alpha value is -3.17. The molecule has 0 saturated carbocycles. The normalized spacial score (nSPS) is 16.0. The number of rotatable bonds is 5. The molecule has 0 bridgehead atoms. The van der Waals surface area contributed by atoms with Crippen LogP contribution in [0, 0.1) is 0 Å². The Bertz CT molecular complexity index is 1350. The number of thiophene rings is 1. The minimum Gasteiger partial charge on any atom is -0.497 e. The van der Waals surface area contributed by atoms with Crippen molar-refractivity contribution in [3.8, 4) is 11.5 Å². The van der Waals surface area contributed by atoms with Gasteiger partial charge in [-0.3, -0.25) is 9.36 Å². The third-order valence-electron chi connectivity index (χ3n) is 4.96. The van der Waals surface area contributed by atoms with E-state index in [4.69, 9.17) is 14.2 Å². The molecule has 9 heteroatoms. The third kappa shape index (κ3) is 3.70. The number of hydrogen-bond donors (Lipinski definition) is 0. The Morgan fingerprint density at radius 2 is 2.00 bits per heavy atom. The van der Waals surface area contributed by atoms with Gasteiger partial charge in [0.15, 0.2) is 4.80 Å². The molecule has 0 radical (unpaired) electrons. The second-order valence-corrected chi connectivity index (χ2v) is 8.69. The zero-order valence-corrected chi connectivity index (χ0v) is 19.0. The lowest BCUT2D eigenvalue weighted by atomic mass is 10.0. The first-order valence-corrected chi connectivity index (χ1v) is 11.0. The summed E-state index contributed by atoms with van der Waals surface area (Å²) in [5.74, 6) is 0.774. The van der Waals surface area contributed by atoms with E-state index in [0.717, 1.165) is 4.88 Å². The van der Waals surface area contributed by atoms with Crippen LogP contribution in [0.4, 0.5) is 0 Å². The molecule has 1 aliphatic heterocycles. The second kappa shape index (κ2) is 8.52. The molecule has 4 rings (SSSR count). The molecule has 0 unspecified atom stereocenters. The highest BCUT2D eigenvalue weighted by atomic mass is 32.1. The van der Waals surface area contributed by atoms with Crippen LogP contribution in [0.15, 0.2) is 56.8 Å². The van der Waals surface area contributed by atoms with Crippen molar-refractivity contribution < 1.29 is 19.0 Å². The van der Waals surface area contributed by atoms with Gasteiger partial charge in [-0.15, -0.1) is 11.3 Å². The lowest BCUT2D eigenvalue weighted by Gasteiger charge is -2.22. The minimum absolute atomic E-state index is 0.235. The molecule has 1 atom stereocenters. The number of carbonyl (C=O) groups is 1. The van der Waals surface area contributed by atoms with E-state index in [0.29, 0.717) is 37.7 Å². The van der Waals surface area contributed by atoms with Crippen LogP contribution in [0.2, 0.25) is 0 Å². The number of ether oxygens (including phenoxy) is 3. The van der Waals surface area contributed by atoms with Crippen molar-refractivity contribution in [1.29, 1.82) is 0 Å². The molecule has 0 aliphatic carbocycles. The van der Waals surface area contributed by atoms with Crippen molar-refractivity contribution in [1.82, 2.24) is 4.57 Å². The number of aromatic nitrogens is 1. The Morgan fingerprint density at radius 3 is 2.65 bits per heavy atom. The quantitative estimate of drug-likeness (QED) is 0.551. The van der Waals surface area contributed by atoms with E-state index in [1.54, 1.807) is 50.0 Å². The van der Waals surface area contributed by atoms with E-state index in [2.05, 4.69) is 4.99 Å². The van der Waals surface area contributed by atoms with E-state index in [1.165, 1.54) is 29.8 Å². The Morgan fingerprint density at radius 1 is 1.19 bits per heavy atom. The summed E-state index contributed by atoms with van der Waals surface area (Å²) in [7, 11) is 4.48. The average molecular weight is 457 g/mol. The zero-order valence-electron chi connectivity index (χ0n) is 17.4. The standard InChI is InChI=1S/C22H20N2O5S2/c1-12-18(21(26)29-4)19(16-6-5-9-30-16)24-20(25)17(31-22(24)23-12)11-13-10-14(27-2)7-8-15(13)28-3/h5-11,19H,1-4H3/b17-11+/t19-/m1/s1. The van der Waals surface area contributed by atoms with Crippen LogP contribution < -0.4 is 24.4 Å². The molecule has 0 saturated heterocycles. The highest BCUT2D eigenvalue weighted by Crippen LogP contribution is 2.33. The molecule has 3 heterocycles. The molecule has 160 valence electrons. The van der Waals surface area contributed by atoms with Crippen LogP contribution in [0.25, 0.3) is 6.08 Å². The number of esters is 1. The Balaban J connectivity index is 1.97. The van der Waals surface area contributed by atoms with Crippen molar-refractivity contribution in [2.24, 2.45) is 4.99 Å². The molecular weight excluding hydrogens is 436 g/mol. The maximum Gasteiger partial charge on any atom is 0.338 e. The number of benzene rings is 1. The van der Waals surface area contributed by atoms with E-state index >= 15 is 0 Å². The third-order valence-corrected chi connectivity index (χ3v) is 6.87. The maximum absolute atomic E-state index is 13.5. The number of methoxy groups -OCH3 is 3. The zero-order chi connectivity index (χ0) is 22.1. The topological polar surface area (TPSA) is 79.1 Å². The predicted molar refractivity (Wildman–Crippen MR) is 120 cm³/mol. The van der Waals surface area contributed by atoms with Crippen LogP contribution in [0.1, 0.15) is 23.4 Å². The number of thiazole rings is 1. The molecule has 2 aromatic heterocycles. The van der Waals surface area contributed by atoms with Gasteiger partial charge in [0.05, 0.1) is 37.1 Å². The highest BCUT2D eigenvalue weighted by Gasteiger charge is 2.33. The van der Waals surface area contributed by atoms with Crippen LogP contribution in [-0.2, 0) is 9.53 Å². The summed E-state index contributed by atoms with van der Waals surface area (Å²) in [6.07, 6.45) is 1.76. The Labute approximate surface area is 186 Å². The van der Waals surface area contributed by atoms with Crippen molar-refractivity contribution in [3.05, 3.63) is 77.1 Å². The van der Waals surface area contributed by atoms with Gasteiger partial charge in [-0.25, -0.2) is 9.79 Å². The first-order chi connectivity index (χ1) is 15.0. The van der Waals surface area contributed by atoms with Crippen molar-refractivity contribution in [3.63, 3.8) is 0 Å². The molecule has 0 spiro atoms. The smallest absolute Gasteiger partial charge is 0.338 e. The molecule has 0 amide bonds. The maximum atomic E-state index is 13.5. The van der Waals surface area contributed by atoms with Gasteiger partial charge in [0, 0.05) is 10.4 Å². The highest BCUT2D eigenvalue weighted by molar-refractivity contribution is 7.10. The molecule has 1 aliphatic rings. The number of nitrogens with zero attached hydrogens (tertiary/aromatic N) is 2. The van der Waals surface area contributed by atoms with Crippen LogP contribution in [-0.4, -0.2) is 31.9 Å². The van der Waals surface area contributed by atoms with Gasteiger partial charge in [0.1, 0.15) is 17.5 Å². The van der Waals surface area contributed by atoms with Gasteiger partial charge in [-0.2, -0.15) is 0 Å². The van der Waals surface area contributed by atoms with E-state index in [1.807, 2.05) is 17.5 Å². The summed E-state index contributed by atoms with van der Waals surface area (Å²) in [5, 5.41) is 1.91. The van der Waals surface area contributed by atoms with Gasteiger partial charge in [0.25, 0.3) is 5.56 Å². The molecule has 7 nitrogen and oxygen atoms in total. The first-order valence-electron chi connectivity index (χ1n) is 9.34. The molecule has 31 heavy (non-hydrogen) atoms. The van der Waals surface area contributed by atoms with Crippen molar-refractivity contribution in [2.75, 3.05) is 21.3 Å². The largest absolute Gasteiger partial charge is 0.497 e. The monoisotopic (exact) mass is 456 g/mol. The molecule has 0 fully saturated rings. The summed E-state index contributed by atoms with van der Waals surface area (Å²) in [5.41, 5.74) is 1.38. The molecule has 0 N–H and O–H groups in total. The van der Waals surface area contributed by atoms with Crippen LogP contribution >= 0.6 is 22.7 Å². The van der Waals surface area contributed by atoms with Gasteiger partial charge in [-0.05, 0) is 42.6 Å². The Kier molecular flexibility index (Phi) is 5.79. The summed E-state index contributed by atoms with van der Waals surface area (Å²) in [4.78, 5) is 32.0. The summed E-state index contributed by atoms with van der Waals surface area (Å²) < 4.78 is 17.8. The number of hydrogen-bond acceptors (Lipinski definition) is 8. The van der Waals surface area contributed by atoms with Crippen LogP contribution in [0.5, 0.6) is 11.5 Å². The van der Waals surface area contributed by atoms with Gasteiger partial charge < -0.3 is 14.2 Å². The molecule has 3 aromatic rings. The average Bonchev–Trinajstić information content (AvgIpc) is 3.41. The van der Waals surface area contributed by atoms with E-state index in [9.17, 15) is 9.59 Å². The molecule has 1 aromatic carbocycles. The van der Waals surface area contributed by atoms with Gasteiger partial charge in [-0.1, -0.05) is 17.4 Å². The first kappa shape index (κ1) is 21.1. The van der Waals surface area contributed by atoms with E-state index < -0.39 is 12.0 Å². The minimum atomic E-state index is -0.585. The summed E-state index contributed by atoms with van der Waals surface area (Å²) in [6, 6.07) is 8.59. The number of fused-ring (bicyclic) bond motifs is 1. The fraction of sp³-hybridized carbons (Fsp3) is 0.227. The van der Waals surface area contributed by atoms with E-state index in [-0.39, 0.29) is 5.56 Å². The van der Waals surface area contributed by atoms with Gasteiger partial charge in [0.2, 0.25) is 0 Å². The predicted octanol–water partition coefficient (Wildman–Crippen LogP) is 2.49. The number of carbonyl (C=O) groups excluding carboxylic acids is 1. The van der Waals surface area contributed by atoms with Crippen molar-refractivity contribution >= 4 is 34.7 Å². The fourth-order valence-electron chi connectivity index (χ4n) is 3.50. The lowest BCUT2D eigenvalue weighted by Crippen LogP contribution is -2.39. The number of allylic oxidation sites excluding steroid dienone is 1. The SMILES string of the molecule is COC(=O)C1=C(C)N=c2s/c(=C/c3cc(OC)ccc3OC)c(=O)n2[C@@H]1c1cccs1. The summed E-state index contributed by atoms with van der Waals surface area (Å²) >= 11 is 2.74. The lowest BCUT2D eigenvalue weighted by molar-refractivity contribution is -0.136. The summed E-state index contributed by atoms with van der Waals surface area (Å²) in [6.45, 7) is 1.76.